The minimum absolute atomic E-state index is 0.104. The minimum Gasteiger partial charge on any atom is -0.468 e. The van der Waals surface area contributed by atoms with E-state index in [-0.39, 0.29) is 11.9 Å². The SMILES string of the molecule is COC(=O)[C@H](N[C@@H](C)c1csc(C2CC2)n1)c1ccc(F)cc1. The summed E-state index contributed by atoms with van der Waals surface area (Å²) in [6, 6.07) is 5.10. The first kappa shape index (κ1) is 16.1. The van der Waals surface area contributed by atoms with Crippen LogP contribution < -0.4 is 5.32 Å². The molecule has 23 heavy (non-hydrogen) atoms. The zero-order valence-corrected chi connectivity index (χ0v) is 13.9. The lowest BCUT2D eigenvalue weighted by atomic mass is 10.1. The summed E-state index contributed by atoms with van der Waals surface area (Å²) in [6.45, 7) is 1.96. The van der Waals surface area contributed by atoms with Gasteiger partial charge in [-0.3, -0.25) is 5.32 Å². The molecule has 2 atom stereocenters. The molecular formula is C17H19FN2O2S. The molecule has 0 radical (unpaired) electrons. The van der Waals surface area contributed by atoms with Crippen molar-refractivity contribution in [2.24, 2.45) is 0 Å². The fraction of sp³-hybridized carbons (Fsp3) is 0.412. The number of halogens is 1. The van der Waals surface area contributed by atoms with Crippen LogP contribution >= 0.6 is 11.3 Å². The Morgan fingerprint density at radius 2 is 2.09 bits per heavy atom. The highest BCUT2D eigenvalue weighted by atomic mass is 32.1. The molecule has 0 amide bonds. The van der Waals surface area contributed by atoms with Gasteiger partial charge in [-0.05, 0) is 37.5 Å². The Kier molecular flexibility index (Phi) is 4.73. The molecule has 1 N–H and O–H groups in total. The molecule has 6 heteroatoms. The Hall–Kier alpha value is -1.79. The van der Waals surface area contributed by atoms with Crippen molar-refractivity contribution in [3.63, 3.8) is 0 Å². The number of hydrogen-bond acceptors (Lipinski definition) is 5. The highest BCUT2D eigenvalue weighted by Crippen LogP contribution is 2.41. The van der Waals surface area contributed by atoms with E-state index >= 15 is 0 Å². The summed E-state index contributed by atoms with van der Waals surface area (Å²) in [5.74, 6) is -0.116. The number of nitrogens with zero attached hydrogens (tertiary/aromatic N) is 1. The minimum atomic E-state index is -0.651. The van der Waals surface area contributed by atoms with Crippen LogP contribution in [0.2, 0.25) is 0 Å². The number of hydrogen-bond donors (Lipinski definition) is 1. The van der Waals surface area contributed by atoms with Crippen molar-refractivity contribution in [1.82, 2.24) is 10.3 Å². The molecular weight excluding hydrogens is 315 g/mol. The van der Waals surface area contributed by atoms with Gasteiger partial charge in [0.1, 0.15) is 11.9 Å². The molecule has 1 aromatic carbocycles. The van der Waals surface area contributed by atoms with E-state index in [0.29, 0.717) is 11.5 Å². The average Bonchev–Trinajstić information content (AvgIpc) is 3.29. The molecule has 4 nitrogen and oxygen atoms in total. The molecule has 2 aromatic rings. The predicted molar refractivity (Wildman–Crippen MR) is 86.8 cm³/mol. The standard InChI is InChI=1S/C17H19FN2O2S/c1-10(14-9-23-16(20-14)12-3-4-12)19-15(17(21)22-2)11-5-7-13(18)8-6-11/h5-10,12,15,19H,3-4H2,1-2H3/t10-,15+/m0/s1. The lowest BCUT2D eigenvalue weighted by molar-refractivity contribution is -0.143. The number of esters is 1. The van der Waals surface area contributed by atoms with Crippen LogP contribution in [-0.4, -0.2) is 18.1 Å². The van der Waals surface area contributed by atoms with Crippen LogP contribution in [0.3, 0.4) is 0 Å². The van der Waals surface area contributed by atoms with Gasteiger partial charge in [0.15, 0.2) is 0 Å². The summed E-state index contributed by atoms with van der Waals surface area (Å²) in [7, 11) is 1.35. The van der Waals surface area contributed by atoms with Gasteiger partial charge in [0.2, 0.25) is 0 Å². The number of thiazole rings is 1. The largest absolute Gasteiger partial charge is 0.468 e. The van der Waals surface area contributed by atoms with Crippen molar-refractivity contribution in [3.05, 3.63) is 51.7 Å². The zero-order chi connectivity index (χ0) is 16.4. The Morgan fingerprint density at radius 1 is 1.39 bits per heavy atom. The summed E-state index contributed by atoms with van der Waals surface area (Å²) in [4.78, 5) is 16.8. The van der Waals surface area contributed by atoms with E-state index in [0.717, 1.165) is 5.69 Å². The molecule has 1 aliphatic rings. The van der Waals surface area contributed by atoms with E-state index in [1.165, 1.54) is 37.1 Å². The molecule has 0 aliphatic heterocycles. The van der Waals surface area contributed by atoms with Gasteiger partial charge in [-0.25, -0.2) is 14.2 Å². The van der Waals surface area contributed by atoms with E-state index in [2.05, 4.69) is 10.3 Å². The Morgan fingerprint density at radius 3 is 2.70 bits per heavy atom. The van der Waals surface area contributed by atoms with Crippen LogP contribution in [0, 0.1) is 5.82 Å². The van der Waals surface area contributed by atoms with Crippen LogP contribution in [0.5, 0.6) is 0 Å². The second-order valence-electron chi connectivity index (χ2n) is 5.78. The number of carbonyl (C=O) groups is 1. The molecule has 0 unspecified atom stereocenters. The molecule has 1 aromatic heterocycles. The van der Waals surface area contributed by atoms with Crippen LogP contribution in [0.25, 0.3) is 0 Å². The quantitative estimate of drug-likeness (QED) is 0.818. The van der Waals surface area contributed by atoms with E-state index in [9.17, 15) is 9.18 Å². The molecule has 122 valence electrons. The second kappa shape index (κ2) is 6.76. The fourth-order valence-electron chi connectivity index (χ4n) is 2.43. The topological polar surface area (TPSA) is 51.2 Å². The van der Waals surface area contributed by atoms with Gasteiger partial charge < -0.3 is 4.74 Å². The summed E-state index contributed by atoms with van der Waals surface area (Å²) < 4.78 is 18.0. The van der Waals surface area contributed by atoms with Gasteiger partial charge in [0.05, 0.1) is 17.8 Å². The Labute approximate surface area is 138 Å². The summed E-state index contributed by atoms with van der Waals surface area (Å²) in [5.41, 5.74) is 1.59. The van der Waals surface area contributed by atoms with E-state index in [4.69, 9.17) is 4.74 Å². The molecule has 1 saturated carbocycles. The number of ether oxygens (including phenoxy) is 1. The van der Waals surface area contributed by atoms with Crippen molar-refractivity contribution in [3.8, 4) is 0 Å². The molecule has 1 heterocycles. The summed E-state index contributed by atoms with van der Waals surface area (Å²) in [5, 5.41) is 6.44. The van der Waals surface area contributed by atoms with Crippen molar-refractivity contribution in [2.45, 2.75) is 37.8 Å². The van der Waals surface area contributed by atoms with Crippen LogP contribution in [-0.2, 0) is 9.53 Å². The van der Waals surface area contributed by atoms with Crippen molar-refractivity contribution >= 4 is 17.3 Å². The zero-order valence-electron chi connectivity index (χ0n) is 13.1. The lowest BCUT2D eigenvalue weighted by Gasteiger charge is -2.21. The smallest absolute Gasteiger partial charge is 0.327 e. The van der Waals surface area contributed by atoms with Gasteiger partial charge >= 0.3 is 5.97 Å². The maximum atomic E-state index is 13.1. The van der Waals surface area contributed by atoms with Crippen molar-refractivity contribution in [2.75, 3.05) is 7.11 Å². The predicted octanol–water partition coefficient (Wildman–Crippen LogP) is 3.72. The number of methoxy groups -OCH3 is 1. The Bertz CT molecular complexity index is 682. The maximum absolute atomic E-state index is 13.1. The van der Waals surface area contributed by atoms with Gasteiger partial charge in [0, 0.05) is 17.3 Å². The molecule has 0 spiro atoms. The number of benzene rings is 1. The van der Waals surface area contributed by atoms with E-state index in [1.54, 1.807) is 23.5 Å². The number of nitrogens with one attached hydrogen (secondary N) is 1. The number of carbonyl (C=O) groups excluding carboxylic acids is 1. The first-order chi connectivity index (χ1) is 11.1. The maximum Gasteiger partial charge on any atom is 0.327 e. The van der Waals surface area contributed by atoms with Crippen LogP contribution in [0.15, 0.2) is 29.6 Å². The molecule has 0 bridgehead atoms. The summed E-state index contributed by atoms with van der Waals surface area (Å²) >= 11 is 1.67. The highest BCUT2D eigenvalue weighted by Gasteiger charge is 2.28. The summed E-state index contributed by atoms with van der Waals surface area (Å²) in [6.07, 6.45) is 2.43. The van der Waals surface area contributed by atoms with Gasteiger partial charge in [0.25, 0.3) is 0 Å². The van der Waals surface area contributed by atoms with Gasteiger partial charge in [-0.15, -0.1) is 11.3 Å². The van der Waals surface area contributed by atoms with Crippen molar-refractivity contribution < 1.29 is 13.9 Å². The third-order valence-electron chi connectivity index (χ3n) is 3.97. The average molecular weight is 334 g/mol. The van der Waals surface area contributed by atoms with Crippen LogP contribution in [0.1, 0.15) is 54.0 Å². The molecule has 3 rings (SSSR count). The van der Waals surface area contributed by atoms with E-state index < -0.39 is 12.0 Å². The lowest BCUT2D eigenvalue weighted by Crippen LogP contribution is -2.32. The van der Waals surface area contributed by atoms with Gasteiger partial charge in [-0.2, -0.15) is 0 Å². The van der Waals surface area contributed by atoms with E-state index in [1.807, 2.05) is 12.3 Å². The van der Waals surface area contributed by atoms with Gasteiger partial charge in [-0.1, -0.05) is 12.1 Å². The molecule has 1 aliphatic carbocycles. The first-order valence-electron chi connectivity index (χ1n) is 7.63. The first-order valence-corrected chi connectivity index (χ1v) is 8.51. The molecule has 0 saturated heterocycles. The monoisotopic (exact) mass is 334 g/mol. The third kappa shape index (κ3) is 3.76. The Balaban J connectivity index is 1.76. The highest BCUT2D eigenvalue weighted by molar-refractivity contribution is 7.09. The third-order valence-corrected chi connectivity index (χ3v) is 4.99. The van der Waals surface area contributed by atoms with Crippen molar-refractivity contribution in [1.29, 1.82) is 0 Å². The second-order valence-corrected chi connectivity index (χ2v) is 6.67. The number of rotatable bonds is 6. The molecule has 1 fully saturated rings. The number of aromatic nitrogens is 1. The normalized spacial score (nSPS) is 16.8. The fourth-order valence-corrected chi connectivity index (χ4v) is 3.51. The van der Waals surface area contributed by atoms with Crippen LogP contribution in [0.4, 0.5) is 4.39 Å².